The number of rotatable bonds is 7. The molecule has 0 aromatic heterocycles. The van der Waals surface area contributed by atoms with Gasteiger partial charge < -0.3 is 14.8 Å². The predicted octanol–water partition coefficient (Wildman–Crippen LogP) is 4.49. The standard InChI is InChI=1S/C26H29FN2O2S/c1-18-23(15-19-5-8-21(9-6-19)32(2)31)22-10-7-20(27)16-25(22)24(18)17-26(30)28-11-14-29-12-3-4-13-29/h5-10,15-16H,3-4,11-14,17H2,1-2H3,(H,28,30). The molecule has 4 rings (SSSR count). The topological polar surface area (TPSA) is 55.4 Å². The van der Waals surface area contributed by atoms with Gasteiger partial charge in [0.2, 0.25) is 5.91 Å². The largest absolute Gasteiger partial charge is 0.612 e. The number of carbonyl (C=O) groups excluding carboxylic acids is 1. The first-order valence-electron chi connectivity index (χ1n) is 11.1. The second-order valence-electron chi connectivity index (χ2n) is 8.45. The summed E-state index contributed by atoms with van der Waals surface area (Å²) in [5.41, 5.74) is 5.55. The molecule has 0 saturated carbocycles. The molecule has 1 aliphatic carbocycles. The summed E-state index contributed by atoms with van der Waals surface area (Å²) in [7, 11) is 0. The van der Waals surface area contributed by atoms with E-state index in [1.54, 1.807) is 12.3 Å². The summed E-state index contributed by atoms with van der Waals surface area (Å²) < 4.78 is 25.7. The van der Waals surface area contributed by atoms with Gasteiger partial charge in [0.1, 0.15) is 12.1 Å². The summed E-state index contributed by atoms with van der Waals surface area (Å²) in [5.74, 6) is -0.343. The quantitative estimate of drug-likeness (QED) is 0.630. The van der Waals surface area contributed by atoms with Crippen molar-refractivity contribution < 1.29 is 13.7 Å². The molecule has 1 unspecified atom stereocenters. The van der Waals surface area contributed by atoms with Crippen LogP contribution in [0, 0.1) is 5.82 Å². The van der Waals surface area contributed by atoms with Gasteiger partial charge in [-0.2, -0.15) is 0 Å². The second-order valence-corrected chi connectivity index (χ2v) is 9.83. The van der Waals surface area contributed by atoms with Crippen LogP contribution < -0.4 is 5.32 Å². The lowest BCUT2D eigenvalue weighted by Crippen LogP contribution is -2.33. The first-order chi connectivity index (χ1) is 15.4. The minimum Gasteiger partial charge on any atom is -0.612 e. The highest BCUT2D eigenvalue weighted by Gasteiger charge is 2.26. The summed E-state index contributed by atoms with van der Waals surface area (Å²) in [6.45, 7) is 5.71. The molecule has 32 heavy (non-hydrogen) atoms. The van der Waals surface area contributed by atoms with Crippen molar-refractivity contribution in [3.63, 3.8) is 0 Å². The van der Waals surface area contributed by atoms with E-state index in [2.05, 4.69) is 10.2 Å². The molecule has 0 bridgehead atoms. The van der Waals surface area contributed by atoms with Crippen molar-refractivity contribution in [3.8, 4) is 0 Å². The number of carbonyl (C=O) groups is 1. The molecule has 1 saturated heterocycles. The Morgan fingerprint density at radius 2 is 1.88 bits per heavy atom. The lowest BCUT2D eigenvalue weighted by Gasteiger charge is -2.15. The average Bonchev–Trinajstić information content (AvgIpc) is 3.37. The monoisotopic (exact) mass is 452 g/mol. The number of benzene rings is 2. The summed E-state index contributed by atoms with van der Waals surface area (Å²) in [6.07, 6.45) is 6.40. The number of hydrogen-bond acceptors (Lipinski definition) is 3. The van der Waals surface area contributed by atoms with Gasteiger partial charge in [0.05, 0.1) is 6.42 Å². The zero-order chi connectivity index (χ0) is 22.7. The normalized spacial score (nSPS) is 18.3. The molecule has 1 fully saturated rings. The SMILES string of the molecule is CC1=C(CC(=O)NCCN2CCCC2)c2cc(F)ccc2C1=Cc1ccc([S+](C)[O-])cc1. The van der Waals surface area contributed by atoms with Crippen molar-refractivity contribution in [2.75, 3.05) is 32.4 Å². The molecular formula is C26H29FN2O2S. The Bertz CT molecular complexity index is 1050. The molecule has 6 heteroatoms. The van der Waals surface area contributed by atoms with Crippen LogP contribution in [0.15, 0.2) is 52.9 Å². The van der Waals surface area contributed by atoms with E-state index in [-0.39, 0.29) is 18.1 Å². The van der Waals surface area contributed by atoms with Gasteiger partial charge in [-0.3, -0.25) is 4.79 Å². The predicted molar refractivity (Wildman–Crippen MR) is 129 cm³/mol. The second kappa shape index (κ2) is 10.0. The Balaban J connectivity index is 1.54. The van der Waals surface area contributed by atoms with Crippen molar-refractivity contribution in [3.05, 3.63) is 70.5 Å². The first kappa shape index (κ1) is 22.8. The molecule has 2 aromatic carbocycles. The van der Waals surface area contributed by atoms with Crippen LogP contribution in [-0.4, -0.2) is 47.8 Å². The van der Waals surface area contributed by atoms with Gasteiger partial charge in [0.25, 0.3) is 0 Å². The number of allylic oxidation sites excluding steroid dienone is 2. The molecule has 168 valence electrons. The van der Waals surface area contributed by atoms with Crippen LogP contribution >= 0.6 is 0 Å². The van der Waals surface area contributed by atoms with E-state index in [0.29, 0.717) is 6.54 Å². The highest BCUT2D eigenvalue weighted by molar-refractivity contribution is 7.90. The van der Waals surface area contributed by atoms with E-state index in [9.17, 15) is 13.7 Å². The molecule has 0 spiro atoms. The van der Waals surface area contributed by atoms with Gasteiger partial charge in [-0.1, -0.05) is 6.07 Å². The van der Waals surface area contributed by atoms with Crippen molar-refractivity contribution in [1.29, 1.82) is 0 Å². The zero-order valence-corrected chi connectivity index (χ0v) is 19.4. The number of likely N-dealkylation sites (tertiary alicyclic amines) is 1. The van der Waals surface area contributed by atoms with Crippen LogP contribution in [-0.2, 0) is 16.0 Å². The molecule has 2 aliphatic rings. The van der Waals surface area contributed by atoms with Gasteiger partial charge in [0.15, 0.2) is 4.90 Å². The molecular weight excluding hydrogens is 423 g/mol. The van der Waals surface area contributed by atoms with Crippen LogP contribution in [0.5, 0.6) is 0 Å². The van der Waals surface area contributed by atoms with Crippen molar-refractivity contribution >= 4 is 34.3 Å². The lowest BCUT2D eigenvalue weighted by molar-refractivity contribution is -0.120. The van der Waals surface area contributed by atoms with E-state index in [4.69, 9.17) is 0 Å². The number of halogens is 1. The Morgan fingerprint density at radius 3 is 2.56 bits per heavy atom. The molecule has 0 radical (unpaired) electrons. The molecule has 1 amide bonds. The number of nitrogens with zero attached hydrogens (tertiary/aromatic N) is 1. The lowest BCUT2D eigenvalue weighted by atomic mass is 10.0. The molecule has 1 N–H and O–H groups in total. The van der Waals surface area contributed by atoms with Gasteiger partial charge in [0, 0.05) is 13.1 Å². The molecule has 2 aromatic rings. The van der Waals surface area contributed by atoms with Crippen LogP contribution in [0.25, 0.3) is 17.2 Å². The van der Waals surface area contributed by atoms with E-state index in [1.165, 1.54) is 25.0 Å². The minimum absolute atomic E-state index is 0.0372. The number of fused-ring (bicyclic) bond motifs is 1. The van der Waals surface area contributed by atoms with Crippen LogP contribution in [0.4, 0.5) is 4.39 Å². The van der Waals surface area contributed by atoms with E-state index >= 15 is 0 Å². The Morgan fingerprint density at radius 1 is 1.16 bits per heavy atom. The van der Waals surface area contributed by atoms with E-state index in [1.807, 2.05) is 37.3 Å². The maximum absolute atomic E-state index is 14.1. The highest BCUT2D eigenvalue weighted by atomic mass is 32.2. The fourth-order valence-corrected chi connectivity index (χ4v) is 5.01. The third-order valence-electron chi connectivity index (χ3n) is 6.26. The van der Waals surface area contributed by atoms with Crippen LogP contribution in [0.2, 0.25) is 0 Å². The van der Waals surface area contributed by atoms with Crippen molar-refractivity contribution in [2.45, 2.75) is 31.1 Å². The van der Waals surface area contributed by atoms with Crippen LogP contribution in [0.1, 0.15) is 42.9 Å². The zero-order valence-electron chi connectivity index (χ0n) is 18.6. The van der Waals surface area contributed by atoms with E-state index in [0.717, 1.165) is 57.9 Å². The number of hydrogen-bond donors (Lipinski definition) is 1. The average molecular weight is 453 g/mol. The molecule has 1 aliphatic heterocycles. The van der Waals surface area contributed by atoms with Gasteiger partial charge >= 0.3 is 0 Å². The van der Waals surface area contributed by atoms with E-state index < -0.39 is 11.2 Å². The molecule has 4 nitrogen and oxygen atoms in total. The smallest absolute Gasteiger partial charge is 0.224 e. The highest BCUT2D eigenvalue weighted by Crippen LogP contribution is 2.43. The summed E-state index contributed by atoms with van der Waals surface area (Å²) >= 11 is -1.02. The third-order valence-corrected chi connectivity index (χ3v) is 7.20. The maximum atomic E-state index is 14.1. The summed E-state index contributed by atoms with van der Waals surface area (Å²) in [6, 6.07) is 12.4. The Kier molecular flexibility index (Phi) is 7.13. The minimum atomic E-state index is -1.02. The number of amides is 1. The van der Waals surface area contributed by atoms with Crippen LogP contribution in [0.3, 0.4) is 0 Å². The summed E-state index contributed by atoms with van der Waals surface area (Å²) in [5, 5.41) is 3.03. The first-order valence-corrected chi connectivity index (χ1v) is 12.6. The van der Waals surface area contributed by atoms with Crippen molar-refractivity contribution in [2.24, 2.45) is 0 Å². The molecule has 1 heterocycles. The summed E-state index contributed by atoms with van der Waals surface area (Å²) in [4.78, 5) is 15.8. The third kappa shape index (κ3) is 5.14. The van der Waals surface area contributed by atoms with Gasteiger partial charge in [-0.25, -0.2) is 4.39 Å². The Labute approximate surface area is 192 Å². The Hall–Kier alpha value is -2.41. The van der Waals surface area contributed by atoms with Gasteiger partial charge in [-0.15, -0.1) is 0 Å². The molecule has 1 atom stereocenters. The maximum Gasteiger partial charge on any atom is 0.224 e. The number of nitrogens with one attached hydrogen (secondary N) is 1. The fraction of sp³-hybridized carbons (Fsp3) is 0.346. The van der Waals surface area contributed by atoms with Crippen molar-refractivity contribution in [1.82, 2.24) is 10.2 Å². The fourth-order valence-electron chi connectivity index (χ4n) is 4.49. The van der Waals surface area contributed by atoms with Gasteiger partial charge in [-0.05, 0) is 120 Å².